The molecule has 1 atom stereocenters. The number of carboxylic acid groups (broad SMARTS) is 1. The van der Waals surface area contributed by atoms with Gasteiger partial charge in [-0.05, 0) is 38.5 Å². The summed E-state index contributed by atoms with van der Waals surface area (Å²) in [7, 11) is -3.49. The standard InChI is InChI=1S/C14H26N2O4S/c1-11(12-5-3-2-4-6-12)15-21(19,20)16-9-7-13(8-10-16)14(17)18/h11-13,15H,2-10H2,1H3,(H,17,18)/t11-/m0/s1. The summed E-state index contributed by atoms with van der Waals surface area (Å²) in [4.78, 5) is 10.9. The van der Waals surface area contributed by atoms with Crippen LogP contribution in [0.1, 0.15) is 51.9 Å². The molecule has 2 rings (SSSR count). The van der Waals surface area contributed by atoms with Gasteiger partial charge in [-0.25, -0.2) is 0 Å². The molecule has 0 amide bonds. The molecule has 1 aliphatic heterocycles. The molecule has 0 bridgehead atoms. The van der Waals surface area contributed by atoms with Crippen LogP contribution in [-0.4, -0.2) is 42.9 Å². The average molecular weight is 318 g/mol. The molecule has 2 N–H and O–H groups in total. The molecule has 7 heteroatoms. The van der Waals surface area contributed by atoms with Crippen LogP contribution in [0.3, 0.4) is 0 Å². The lowest BCUT2D eigenvalue weighted by molar-refractivity contribution is -0.142. The van der Waals surface area contributed by atoms with Crippen molar-refractivity contribution in [3.05, 3.63) is 0 Å². The SMILES string of the molecule is C[C@H](NS(=O)(=O)N1CCC(C(=O)O)CC1)C1CCCCC1. The van der Waals surface area contributed by atoms with Crippen LogP contribution in [-0.2, 0) is 15.0 Å². The van der Waals surface area contributed by atoms with Gasteiger partial charge in [0.05, 0.1) is 5.92 Å². The van der Waals surface area contributed by atoms with E-state index in [1.54, 1.807) is 0 Å². The van der Waals surface area contributed by atoms with Crippen molar-refractivity contribution in [1.82, 2.24) is 9.03 Å². The summed E-state index contributed by atoms with van der Waals surface area (Å²) < 4.78 is 29.0. The van der Waals surface area contributed by atoms with E-state index in [1.807, 2.05) is 6.92 Å². The van der Waals surface area contributed by atoms with Gasteiger partial charge in [0.2, 0.25) is 0 Å². The fourth-order valence-electron chi connectivity index (χ4n) is 3.38. The van der Waals surface area contributed by atoms with Gasteiger partial charge in [-0.15, -0.1) is 0 Å². The Labute approximate surface area is 127 Å². The monoisotopic (exact) mass is 318 g/mol. The first-order valence-corrected chi connectivity index (χ1v) is 9.34. The van der Waals surface area contributed by atoms with Gasteiger partial charge < -0.3 is 5.11 Å². The Balaban J connectivity index is 1.88. The van der Waals surface area contributed by atoms with Crippen molar-refractivity contribution < 1.29 is 18.3 Å². The zero-order valence-electron chi connectivity index (χ0n) is 12.6. The molecule has 1 heterocycles. The molecule has 122 valence electrons. The quantitative estimate of drug-likeness (QED) is 0.806. The van der Waals surface area contributed by atoms with E-state index in [-0.39, 0.29) is 6.04 Å². The summed E-state index contributed by atoms with van der Waals surface area (Å²) >= 11 is 0. The van der Waals surface area contributed by atoms with E-state index in [0.717, 1.165) is 12.8 Å². The number of nitrogens with zero attached hydrogens (tertiary/aromatic N) is 1. The third-order valence-electron chi connectivity index (χ3n) is 4.83. The fraction of sp³-hybridized carbons (Fsp3) is 0.929. The Hall–Kier alpha value is -0.660. The first-order valence-electron chi connectivity index (χ1n) is 7.90. The summed E-state index contributed by atoms with van der Waals surface area (Å²) in [6.07, 6.45) is 6.58. The Morgan fingerprint density at radius 3 is 2.24 bits per heavy atom. The highest BCUT2D eigenvalue weighted by Gasteiger charge is 2.33. The van der Waals surface area contributed by atoms with E-state index >= 15 is 0 Å². The number of carbonyl (C=O) groups is 1. The maximum atomic E-state index is 12.4. The molecule has 0 spiro atoms. The second kappa shape index (κ2) is 7.07. The first kappa shape index (κ1) is 16.7. The fourth-order valence-corrected chi connectivity index (χ4v) is 4.89. The van der Waals surface area contributed by atoms with Gasteiger partial charge in [0.25, 0.3) is 10.2 Å². The van der Waals surface area contributed by atoms with E-state index in [0.29, 0.717) is 31.8 Å². The third-order valence-corrected chi connectivity index (χ3v) is 6.55. The first-order chi connectivity index (χ1) is 9.90. The molecular formula is C14H26N2O4S. The summed E-state index contributed by atoms with van der Waals surface area (Å²) in [5.74, 6) is -0.812. The Morgan fingerprint density at radius 2 is 1.71 bits per heavy atom. The largest absolute Gasteiger partial charge is 0.481 e. The van der Waals surface area contributed by atoms with E-state index in [4.69, 9.17) is 5.11 Å². The number of carboxylic acids is 1. The molecule has 2 aliphatic rings. The van der Waals surface area contributed by atoms with Gasteiger partial charge in [0, 0.05) is 19.1 Å². The van der Waals surface area contributed by atoms with Gasteiger partial charge in [-0.3, -0.25) is 4.79 Å². The molecule has 2 fully saturated rings. The minimum absolute atomic E-state index is 0.0486. The maximum absolute atomic E-state index is 12.4. The minimum atomic E-state index is -3.49. The Kier molecular flexibility index (Phi) is 5.62. The van der Waals surface area contributed by atoms with Gasteiger partial charge >= 0.3 is 5.97 Å². The summed E-state index contributed by atoms with van der Waals surface area (Å²) in [5.41, 5.74) is 0. The molecule has 21 heavy (non-hydrogen) atoms. The van der Waals surface area contributed by atoms with Crippen LogP contribution < -0.4 is 4.72 Å². The van der Waals surface area contributed by atoms with Crippen molar-refractivity contribution in [1.29, 1.82) is 0 Å². The van der Waals surface area contributed by atoms with Gasteiger partial charge in [-0.2, -0.15) is 17.4 Å². The maximum Gasteiger partial charge on any atom is 0.306 e. The normalized spacial score (nSPS) is 24.8. The topological polar surface area (TPSA) is 86.7 Å². The van der Waals surface area contributed by atoms with E-state index in [9.17, 15) is 13.2 Å². The summed E-state index contributed by atoms with van der Waals surface area (Å²) in [6.45, 7) is 2.53. The molecule has 1 aliphatic carbocycles. The highest BCUT2D eigenvalue weighted by atomic mass is 32.2. The predicted octanol–water partition coefficient (Wildman–Crippen LogP) is 1.59. The predicted molar refractivity (Wildman–Crippen MR) is 80.0 cm³/mol. The lowest BCUT2D eigenvalue weighted by Crippen LogP contribution is -2.50. The zero-order chi connectivity index (χ0) is 15.5. The second-order valence-electron chi connectivity index (χ2n) is 6.32. The van der Waals surface area contributed by atoms with Crippen molar-refractivity contribution >= 4 is 16.2 Å². The number of nitrogens with one attached hydrogen (secondary N) is 1. The van der Waals surface area contributed by atoms with E-state index < -0.39 is 22.1 Å². The molecule has 0 radical (unpaired) electrons. The molecule has 6 nitrogen and oxygen atoms in total. The lowest BCUT2D eigenvalue weighted by atomic mass is 9.85. The van der Waals surface area contributed by atoms with Crippen LogP contribution in [0.15, 0.2) is 0 Å². The van der Waals surface area contributed by atoms with E-state index in [2.05, 4.69) is 4.72 Å². The number of rotatable bonds is 5. The Morgan fingerprint density at radius 1 is 1.14 bits per heavy atom. The van der Waals surface area contributed by atoms with Gasteiger partial charge in [-0.1, -0.05) is 19.3 Å². The molecule has 1 saturated carbocycles. The molecule has 1 saturated heterocycles. The lowest BCUT2D eigenvalue weighted by Gasteiger charge is -2.33. The molecule has 0 aromatic rings. The molecule has 0 aromatic heterocycles. The van der Waals surface area contributed by atoms with E-state index in [1.165, 1.54) is 23.6 Å². The smallest absolute Gasteiger partial charge is 0.306 e. The highest BCUT2D eigenvalue weighted by Crippen LogP contribution is 2.27. The number of hydrogen-bond acceptors (Lipinski definition) is 3. The van der Waals surface area contributed by atoms with Crippen molar-refractivity contribution in [3.63, 3.8) is 0 Å². The van der Waals surface area contributed by atoms with Crippen LogP contribution in [0.4, 0.5) is 0 Å². The van der Waals surface area contributed by atoms with Crippen molar-refractivity contribution in [3.8, 4) is 0 Å². The molecule has 0 aromatic carbocycles. The van der Waals surface area contributed by atoms with Crippen LogP contribution in [0.25, 0.3) is 0 Å². The van der Waals surface area contributed by atoms with Crippen LogP contribution in [0, 0.1) is 11.8 Å². The number of hydrogen-bond donors (Lipinski definition) is 2. The summed E-state index contributed by atoms with van der Waals surface area (Å²) in [5, 5.41) is 8.96. The molecular weight excluding hydrogens is 292 g/mol. The van der Waals surface area contributed by atoms with Crippen LogP contribution in [0.5, 0.6) is 0 Å². The van der Waals surface area contributed by atoms with Gasteiger partial charge in [0.1, 0.15) is 0 Å². The van der Waals surface area contributed by atoms with Crippen molar-refractivity contribution in [2.45, 2.75) is 57.9 Å². The van der Waals surface area contributed by atoms with Crippen molar-refractivity contribution in [2.24, 2.45) is 11.8 Å². The van der Waals surface area contributed by atoms with Crippen LogP contribution in [0.2, 0.25) is 0 Å². The van der Waals surface area contributed by atoms with Crippen molar-refractivity contribution in [2.75, 3.05) is 13.1 Å². The minimum Gasteiger partial charge on any atom is -0.481 e. The van der Waals surface area contributed by atoms with Gasteiger partial charge in [0.15, 0.2) is 0 Å². The highest BCUT2D eigenvalue weighted by molar-refractivity contribution is 7.87. The Bertz CT molecular complexity index is 452. The van der Waals surface area contributed by atoms with Crippen LogP contribution >= 0.6 is 0 Å². The molecule has 0 unspecified atom stereocenters. The second-order valence-corrected chi connectivity index (χ2v) is 8.02. The number of piperidine rings is 1. The number of aliphatic carboxylic acids is 1. The third kappa shape index (κ3) is 4.40. The summed E-state index contributed by atoms with van der Waals surface area (Å²) in [6, 6.07) is -0.0486. The zero-order valence-corrected chi connectivity index (χ0v) is 13.4. The average Bonchev–Trinajstić information content (AvgIpc) is 2.48.